The molecule has 0 aromatic heterocycles. The van der Waals surface area contributed by atoms with Gasteiger partial charge >= 0.3 is 5.97 Å². The second-order valence-electron chi connectivity index (χ2n) is 8.17. The van der Waals surface area contributed by atoms with E-state index in [0.29, 0.717) is 0 Å². The van der Waals surface area contributed by atoms with E-state index in [4.69, 9.17) is 4.74 Å². The Hall–Kier alpha value is -0.830. The maximum atomic E-state index is 11.5. The van der Waals surface area contributed by atoms with Gasteiger partial charge in [-0.3, -0.25) is 0 Å². The molecular weight excluding hydrogens is 252 g/mol. The average Bonchev–Trinajstić information content (AvgIpc) is 2.28. The summed E-state index contributed by atoms with van der Waals surface area (Å²) in [5.41, 5.74) is -0.0235. The molecule has 3 nitrogen and oxygen atoms in total. The van der Waals surface area contributed by atoms with Crippen molar-refractivity contribution in [1.82, 2.24) is 0 Å². The fraction of sp³-hybridized carbons (Fsp3) is 0.824. The molecule has 1 saturated carbocycles. The third-order valence-electron chi connectivity index (χ3n) is 4.53. The van der Waals surface area contributed by atoms with Crippen LogP contribution in [0.15, 0.2) is 12.7 Å². The number of carbonyl (C=O) groups excluding carboxylic acids is 1. The van der Waals surface area contributed by atoms with Crippen molar-refractivity contribution in [3.63, 3.8) is 0 Å². The van der Waals surface area contributed by atoms with E-state index in [-0.39, 0.29) is 40.8 Å². The highest BCUT2D eigenvalue weighted by Crippen LogP contribution is 2.47. The molecule has 1 N–H and O–H groups in total. The van der Waals surface area contributed by atoms with Gasteiger partial charge in [0.25, 0.3) is 0 Å². The molecule has 0 amide bonds. The van der Waals surface area contributed by atoms with E-state index in [9.17, 15) is 9.90 Å². The van der Waals surface area contributed by atoms with Crippen molar-refractivity contribution >= 4 is 5.97 Å². The van der Waals surface area contributed by atoms with Crippen LogP contribution in [0.3, 0.4) is 0 Å². The zero-order valence-corrected chi connectivity index (χ0v) is 13.8. The maximum absolute atomic E-state index is 11.5. The molecule has 20 heavy (non-hydrogen) atoms. The number of hydrogen-bond acceptors (Lipinski definition) is 3. The van der Waals surface area contributed by atoms with Gasteiger partial charge in [0, 0.05) is 6.08 Å². The molecule has 1 aliphatic carbocycles. The summed E-state index contributed by atoms with van der Waals surface area (Å²) in [6, 6.07) is 0. The van der Waals surface area contributed by atoms with E-state index < -0.39 is 0 Å². The topological polar surface area (TPSA) is 46.5 Å². The van der Waals surface area contributed by atoms with Crippen LogP contribution in [-0.2, 0) is 9.53 Å². The van der Waals surface area contributed by atoms with Crippen molar-refractivity contribution in [2.24, 2.45) is 22.7 Å². The summed E-state index contributed by atoms with van der Waals surface area (Å²) in [5, 5.41) is 10.7. The SMILES string of the molecule is C=CC(=O)OC1CC(C(C)(C)C)C(O)C(C(C)(C)C)C1. The van der Waals surface area contributed by atoms with Crippen molar-refractivity contribution in [3.05, 3.63) is 12.7 Å². The van der Waals surface area contributed by atoms with Crippen LogP contribution in [0.1, 0.15) is 54.4 Å². The third-order valence-corrected chi connectivity index (χ3v) is 4.53. The van der Waals surface area contributed by atoms with Gasteiger partial charge in [-0.1, -0.05) is 48.1 Å². The molecule has 1 fully saturated rings. The first-order chi connectivity index (χ1) is 8.96. The summed E-state index contributed by atoms with van der Waals surface area (Å²) in [6.07, 6.45) is 2.17. The Morgan fingerprint density at radius 2 is 1.50 bits per heavy atom. The van der Waals surface area contributed by atoms with Crippen molar-refractivity contribution < 1.29 is 14.6 Å². The number of carbonyl (C=O) groups is 1. The fourth-order valence-corrected chi connectivity index (χ4v) is 3.26. The molecule has 0 saturated heterocycles. The van der Waals surface area contributed by atoms with Crippen LogP contribution in [0.25, 0.3) is 0 Å². The molecule has 0 bridgehead atoms. The number of aliphatic hydroxyl groups excluding tert-OH is 1. The minimum atomic E-state index is -0.369. The highest BCUT2D eigenvalue weighted by molar-refractivity contribution is 5.81. The second kappa shape index (κ2) is 5.88. The van der Waals surface area contributed by atoms with Gasteiger partial charge in [0.15, 0.2) is 0 Å². The van der Waals surface area contributed by atoms with Gasteiger partial charge in [-0.15, -0.1) is 0 Å². The molecule has 116 valence electrons. The highest BCUT2D eigenvalue weighted by Gasteiger charge is 2.46. The lowest BCUT2D eigenvalue weighted by Gasteiger charge is -2.48. The molecule has 0 aromatic carbocycles. The van der Waals surface area contributed by atoms with Gasteiger partial charge in [-0.2, -0.15) is 0 Å². The first-order valence-corrected chi connectivity index (χ1v) is 7.48. The van der Waals surface area contributed by atoms with Crippen molar-refractivity contribution in [2.75, 3.05) is 0 Å². The van der Waals surface area contributed by atoms with Crippen LogP contribution in [0, 0.1) is 22.7 Å². The fourth-order valence-electron chi connectivity index (χ4n) is 3.26. The van der Waals surface area contributed by atoms with Gasteiger partial charge in [0.1, 0.15) is 6.10 Å². The van der Waals surface area contributed by atoms with Crippen LogP contribution in [0.2, 0.25) is 0 Å². The van der Waals surface area contributed by atoms with Gasteiger partial charge in [0.2, 0.25) is 0 Å². The molecule has 0 aliphatic heterocycles. The molecule has 0 radical (unpaired) electrons. The summed E-state index contributed by atoms with van der Waals surface area (Å²) in [7, 11) is 0. The lowest BCUT2D eigenvalue weighted by Crippen LogP contribution is -2.49. The van der Waals surface area contributed by atoms with Gasteiger partial charge in [-0.05, 0) is 35.5 Å². The number of hydrogen-bond donors (Lipinski definition) is 1. The number of ether oxygens (including phenoxy) is 1. The summed E-state index contributed by atoms with van der Waals surface area (Å²) in [6.45, 7) is 16.3. The Morgan fingerprint density at radius 3 is 1.80 bits per heavy atom. The molecule has 3 heteroatoms. The Bertz CT molecular complexity index is 335. The number of rotatable bonds is 2. The quantitative estimate of drug-likeness (QED) is 0.622. The Kier molecular flexibility index (Phi) is 5.07. The predicted octanol–water partition coefficient (Wildman–Crippen LogP) is 3.56. The monoisotopic (exact) mass is 282 g/mol. The summed E-state index contributed by atoms with van der Waals surface area (Å²) in [4.78, 5) is 11.5. The second-order valence-corrected chi connectivity index (χ2v) is 8.17. The van der Waals surface area contributed by atoms with E-state index in [2.05, 4.69) is 48.1 Å². The van der Waals surface area contributed by atoms with E-state index in [1.54, 1.807) is 0 Å². The van der Waals surface area contributed by atoms with Gasteiger partial charge in [-0.25, -0.2) is 4.79 Å². The van der Waals surface area contributed by atoms with Gasteiger partial charge in [0.05, 0.1) is 6.10 Å². The normalized spacial score (nSPS) is 31.8. The first kappa shape index (κ1) is 17.2. The first-order valence-electron chi connectivity index (χ1n) is 7.48. The van der Waals surface area contributed by atoms with Crippen LogP contribution < -0.4 is 0 Å². The lowest BCUT2D eigenvalue weighted by atomic mass is 9.60. The number of aliphatic hydroxyl groups is 1. The Balaban J connectivity index is 2.98. The molecule has 0 spiro atoms. The molecular formula is C17H30O3. The standard InChI is InChI=1S/C17H30O3/c1-8-14(18)20-11-9-12(16(2,3)4)15(19)13(10-11)17(5,6)7/h8,11-13,15,19H,1,9-10H2,2-7H3. The lowest BCUT2D eigenvalue weighted by molar-refractivity contribution is -0.157. The Morgan fingerprint density at radius 1 is 1.10 bits per heavy atom. The Labute approximate surface area is 123 Å². The van der Waals surface area contributed by atoms with E-state index in [0.717, 1.165) is 12.8 Å². The van der Waals surface area contributed by atoms with Crippen LogP contribution in [0.4, 0.5) is 0 Å². The summed E-state index contributed by atoms with van der Waals surface area (Å²) in [5.74, 6) is -0.113. The maximum Gasteiger partial charge on any atom is 0.330 e. The average molecular weight is 282 g/mol. The molecule has 1 aliphatic rings. The molecule has 1 rings (SSSR count). The zero-order valence-electron chi connectivity index (χ0n) is 13.8. The molecule has 2 atom stereocenters. The highest BCUT2D eigenvalue weighted by atomic mass is 16.5. The summed E-state index contributed by atoms with van der Waals surface area (Å²) >= 11 is 0. The number of esters is 1. The third kappa shape index (κ3) is 4.08. The predicted molar refractivity (Wildman–Crippen MR) is 81.2 cm³/mol. The van der Waals surface area contributed by atoms with Crippen LogP contribution in [0.5, 0.6) is 0 Å². The van der Waals surface area contributed by atoms with E-state index in [1.807, 2.05) is 0 Å². The van der Waals surface area contributed by atoms with E-state index >= 15 is 0 Å². The van der Waals surface area contributed by atoms with Crippen molar-refractivity contribution in [2.45, 2.75) is 66.6 Å². The van der Waals surface area contributed by atoms with Crippen molar-refractivity contribution in [1.29, 1.82) is 0 Å². The van der Waals surface area contributed by atoms with Crippen LogP contribution in [-0.4, -0.2) is 23.3 Å². The van der Waals surface area contributed by atoms with E-state index in [1.165, 1.54) is 6.08 Å². The smallest absolute Gasteiger partial charge is 0.330 e. The molecule has 0 aromatic rings. The molecule has 2 unspecified atom stereocenters. The van der Waals surface area contributed by atoms with Crippen LogP contribution >= 0.6 is 0 Å². The molecule has 0 heterocycles. The minimum absolute atomic E-state index is 0.0117. The summed E-state index contributed by atoms with van der Waals surface area (Å²) < 4.78 is 5.47. The minimum Gasteiger partial charge on any atom is -0.459 e. The largest absolute Gasteiger partial charge is 0.459 e. The van der Waals surface area contributed by atoms with Crippen molar-refractivity contribution in [3.8, 4) is 0 Å². The van der Waals surface area contributed by atoms with Gasteiger partial charge < -0.3 is 9.84 Å². The zero-order chi connectivity index (χ0) is 15.7.